The number of aryl methyl sites for hydroxylation is 2. The number of nitrogens with zero attached hydrogens (tertiary/aromatic N) is 5. The molecule has 1 aromatic carbocycles. The van der Waals surface area contributed by atoms with E-state index in [1.165, 1.54) is 0 Å². The number of aromatic nitrogens is 5. The zero-order valence-electron chi connectivity index (χ0n) is 13.9. The Morgan fingerprint density at radius 1 is 1.33 bits per heavy atom. The summed E-state index contributed by atoms with van der Waals surface area (Å²) in [7, 11) is 1.76. The topological polar surface area (TPSA) is 98.7 Å². The van der Waals surface area contributed by atoms with Crippen LogP contribution in [0.15, 0.2) is 28.8 Å². The summed E-state index contributed by atoms with van der Waals surface area (Å²) in [6.07, 6.45) is 0. The molecule has 3 aromatic rings. The third-order valence-corrected chi connectivity index (χ3v) is 3.64. The number of carbonyl (C=O) groups is 1. The molecule has 1 amide bonds. The second-order valence-electron chi connectivity index (χ2n) is 5.82. The van der Waals surface area contributed by atoms with E-state index in [9.17, 15) is 4.79 Å². The predicted molar refractivity (Wildman–Crippen MR) is 87.5 cm³/mol. The number of hydrogen-bond acceptors (Lipinski definition) is 6. The summed E-state index contributed by atoms with van der Waals surface area (Å²) in [4.78, 5) is 12.6. The van der Waals surface area contributed by atoms with Gasteiger partial charge >= 0.3 is 0 Å². The van der Waals surface area contributed by atoms with Crippen molar-refractivity contribution in [2.45, 2.75) is 26.7 Å². The largest absolute Gasteiger partial charge is 0.360 e. The van der Waals surface area contributed by atoms with Crippen molar-refractivity contribution in [1.82, 2.24) is 25.4 Å². The van der Waals surface area contributed by atoms with E-state index in [-0.39, 0.29) is 11.8 Å². The van der Waals surface area contributed by atoms with Crippen LogP contribution in [0.2, 0.25) is 0 Å². The van der Waals surface area contributed by atoms with Crippen LogP contribution in [0.4, 0.5) is 5.69 Å². The maximum atomic E-state index is 12.6. The zero-order chi connectivity index (χ0) is 17.3. The number of benzene rings is 1. The maximum Gasteiger partial charge on any atom is 0.261 e. The summed E-state index contributed by atoms with van der Waals surface area (Å²) < 4.78 is 6.84. The number of amides is 1. The van der Waals surface area contributed by atoms with Crippen LogP contribution in [0, 0.1) is 6.92 Å². The lowest BCUT2D eigenvalue weighted by molar-refractivity contribution is 0.102. The Hall–Kier alpha value is -3.03. The minimum absolute atomic E-state index is 0.0722. The Kier molecular flexibility index (Phi) is 4.11. The molecule has 2 aromatic heterocycles. The summed E-state index contributed by atoms with van der Waals surface area (Å²) in [6.45, 7) is 5.67. The Morgan fingerprint density at radius 2 is 2.12 bits per heavy atom. The van der Waals surface area contributed by atoms with Gasteiger partial charge < -0.3 is 9.84 Å². The lowest BCUT2D eigenvalue weighted by Gasteiger charge is -2.08. The molecule has 0 saturated heterocycles. The summed E-state index contributed by atoms with van der Waals surface area (Å²) in [5.74, 6) is 1.03. The first-order valence-corrected chi connectivity index (χ1v) is 7.57. The third-order valence-electron chi connectivity index (χ3n) is 3.64. The van der Waals surface area contributed by atoms with Crippen molar-refractivity contribution >= 4 is 11.6 Å². The Labute approximate surface area is 138 Å². The molecule has 0 aliphatic rings. The van der Waals surface area contributed by atoms with Gasteiger partial charge in [0.05, 0.1) is 5.69 Å². The van der Waals surface area contributed by atoms with Crippen molar-refractivity contribution in [3.05, 3.63) is 41.3 Å². The molecule has 2 heterocycles. The fourth-order valence-corrected chi connectivity index (χ4v) is 2.46. The molecule has 8 heteroatoms. The number of hydrogen-bond donors (Lipinski definition) is 1. The van der Waals surface area contributed by atoms with Crippen LogP contribution in [0.25, 0.3) is 11.4 Å². The van der Waals surface area contributed by atoms with E-state index in [0.717, 1.165) is 5.56 Å². The minimum atomic E-state index is -0.245. The standard InChI is InChI=1S/C16H18N6O2/c1-9(2)14-13(10(3)19-24-14)16(23)17-12-7-5-6-11(8-12)15-18-20-21-22(15)4/h5-9H,1-4H3,(H,17,23). The Bertz CT molecular complexity index is 880. The van der Waals surface area contributed by atoms with Gasteiger partial charge in [0.25, 0.3) is 5.91 Å². The summed E-state index contributed by atoms with van der Waals surface area (Å²) in [6, 6.07) is 7.35. The molecular formula is C16H18N6O2. The van der Waals surface area contributed by atoms with Gasteiger partial charge in [-0.2, -0.15) is 0 Å². The van der Waals surface area contributed by atoms with E-state index >= 15 is 0 Å². The second kappa shape index (κ2) is 6.23. The van der Waals surface area contributed by atoms with Gasteiger partial charge in [-0.05, 0) is 29.5 Å². The quantitative estimate of drug-likeness (QED) is 0.791. The van der Waals surface area contributed by atoms with Crippen molar-refractivity contribution in [2.24, 2.45) is 7.05 Å². The normalized spacial score (nSPS) is 11.0. The lowest BCUT2D eigenvalue weighted by atomic mass is 10.0. The van der Waals surface area contributed by atoms with Gasteiger partial charge in [0.2, 0.25) is 0 Å². The molecule has 3 rings (SSSR count). The molecule has 0 unspecified atom stereocenters. The van der Waals surface area contributed by atoms with Gasteiger partial charge in [-0.25, -0.2) is 4.68 Å². The zero-order valence-corrected chi connectivity index (χ0v) is 13.9. The molecule has 0 aliphatic heterocycles. The van der Waals surface area contributed by atoms with E-state index in [1.807, 2.05) is 38.1 Å². The average Bonchev–Trinajstić information content (AvgIpc) is 3.13. The molecule has 0 aliphatic carbocycles. The van der Waals surface area contributed by atoms with Crippen LogP contribution in [-0.4, -0.2) is 31.3 Å². The molecular weight excluding hydrogens is 308 g/mol. The number of rotatable bonds is 4. The molecule has 0 radical (unpaired) electrons. The first kappa shape index (κ1) is 15.9. The maximum absolute atomic E-state index is 12.6. The van der Waals surface area contributed by atoms with E-state index in [2.05, 4.69) is 26.0 Å². The van der Waals surface area contributed by atoms with Gasteiger partial charge in [-0.3, -0.25) is 4.79 Å². The third kappa shape index (κ3) is 2.90. The van der Waals surface area contributed by atoms with Crippen LogP contribution >= 0.6 is 0 Å². The van der Waals surface area contributed by atoms with Crippen molar-refractivity contribution < 1.29 is 9.32 Å². The number of tetrazole rings is 1. The van der Waals surface area contributed by atoms with Crippen LogP contribution in [0.1, 0.15) is 41.6 Å². The molecule has 0 bridgehead atoms. The van der Waals surface area contributed by atoms with E-state index in [4.69, 9.17) is 4.52 Å². The van der Waals surface area contributed by atoms with Crippen molar-refractivity contribution in [2.75, 3.05) is 5.32 Å². The first-order chi connectivity index (χ1) is 11.5. The number of carbonyl (C=O) groups excluding carboxylic acids is 1. The monoisotopic (exact) mass is 326 g/mol. The molecule has 8 nitrogen and oxygen atoms in total. The summed E-state index contributed by atoms with van der Waals surface area (Å²) >= 11 is 0. The van der Waals surface area contributed by atoms with Gasteiger partial charge in [0.1, 0.15) is 5.56 Å². The highest BCUT2D eigenvalue weighted by Gasteiger charge is 2.22. The van der Waals surface area contributed by atoms with Gasteiger partial charge in [-0.15, -0.1) is 5.10 Å². The molecule has 0 saturated carbocycles. The molecule has 124 valence electrons. The van der Waals surface area contributed by atoms with Crippen molar-refractivity contribution in [3.63, 3.8) is 0 Å². The summed E-state index contributed by atoms with van der Waals surface area (Å²) in [5, 5.41) is 18.2. The molecule has 0 fully saturated rings. The van der Waals surface area contributed by atoms with Crippen LogP contribution in [0.5, 0.6) is 0 Å². The van der Waals surface area contributed by atoms with E-state index in [1.54, 1.807) is 18.7 Å². The lowest BCUT2D eigenvalue weighted by Crippen LogP contribution is -2.14. The highest BCUT2D eigenvalue weighted by molar-refractivity contribution is 6.06. The predicted octanol–water partition coefficient (Wildman–Crippen LogP) is 2.55. The van der Waals surface area contributed by atoms with Gasteiger partial charge in [0, 0.05) is 24.2 Å². The van der Waals surface area contributed by atoms with Crippen molar-refractivity contribution in [1.29, 1.82) is 0 Å². The fraction of sp³-hybridized carbons (Fsp3) is 0.312. The Morgan fingerprint density at radius 3 is 2.79 bits per heavy atom. The Balaban J connectivity index is 1.88. The van der Waals surface area contributed by atoms with Crippen molar-refractivity contribution in [3.8, 4) is 11.4 Å². The van der Waals surface area contributed by atoms with Gasteiger partial charge in [-0.1, -0.05) is 31.1 Å². The first-order valence-electron chi connectivity index (χ1n) is 7.57. The SMILES string of the molecule is Cc1noc(C(C)C)c1C(=O)Nc1cccc(-c2nnnn2C)c1. The van der Waals surface area contributed by atoms with E-state index < -0.39 is 0 Å². The smallest absolute Gasteiger partial charge is 0.261 e. The minimum Gasteiger partial charge on any atom is -0.360 e. The summed E-state index contributed by atoms with van der Waals surface area (Å²) in [5.41, 5.74) is 2.52. The molecule has 24 heavy (non-hydrogen) atoms. The van der Waals surface area contributed by atoms with E-state index in [0.29, 0.717) is 28.5 Å². The fourth-order valence-electron chi connectivity index (χ4n) is 2.46. The van der Waals surface area contributed by atoms with Crippen LogP contribution in [0.3, 0.4) is 0 Å². The van der Waals surface area contributed by atoms with Crippen LogP contribution < -0.4 is 5.32 Å². The second-order valence-corrected chi connectivity index (χ2v) is 5.82. The molecule has 0 spiro atoms. The highest BCUT2D eigenvalue weighted by atomic mass is 16.5. The number of nitrogens with one attached hydrogen (secondary N) is 1. The average molecular weight is 326 g/mol. The number of anilines is 1. The van der Waals surface area contributed by atoms with Gasteiger partial charge in [0.15, 0.2) is 11.6 Å². The van der Waals surface area contributed by atoms with Crippen LogP contribution in [-0.2, 0) is 7.05 Å². The highest BCUT2D eigenvalue weighted by Crippen LogP contribution is 2.24. The molecule has 1 N–H and O–H groups in total. The molecule has 0 atom stereocenters.